The van der Waals surface area contributed by atoms with Gasteiger partial charge in [-0.1, -0.05) is 0 Å². The van der Waals surface area contributed by atoms with Gasteiger partial charge in [0.05, 0.1) is 12.2 Å². The average Bonchev–Trinajstić information content (AvgIpc) is 2.67. The maximum absolute atomic E-state index is 12.0. The van der Waals surface area contributed by atoms with Crippen molar-refractivity contribution >= 4 is 26.0 Å². The van der Waals surface area contributed by atoms with Crippen LogP contribution >= 0.6 is 15.9 Å². The normalized spacial score (nSPS) is 11.7. The molecule has 0 aliphatic heterocycles. The lowest BCUT2D eigenvalue weighted by atomic mass is 10.4. The van der Waals surface area contributed by atoms with Crippen LogP contribution in [0.25, 0.3) is 0 Å². The van der Waals surface area contributed by atoms with Crippen LogP contribution in [-0.4, -0.2) is 18.4 Å². The molecule has 0 bridgehead atoms. The minimum absolute atomic E-state index is 0.00350. The van der Waals surface area contributed by atoms with Gasteiger partial charge in [-0.05, 0) is 35.8 Å². The summed E-state index contributed by atoms with van der Waals surface area (Å²) in [5.41, 5.74) is 0.748. The van der Waals surface area contributed by atoms with Gasteiger partial charge in [0.1, 0.15) is 10.7 Å². The summed E-state index contributed by atoms with van der Waals surface area (Å²) in [5, 5.41) is 0. The second-order valence-electron chi connectivity index (χ2n) is 3.91. The molecule has 0 aromatic carbocycles. The smallest absolute Gasteiger partial charge is 0.242 e. The molecule has 0 aliphatic rings. The molecule has 0 fully saturated rings. The largest absolute Gasteiger partial charge is 0.444 e. The molecule has 0 amide bonds. The predicted octanol–water partition coefficient (Wildman–Crippen LogP) is 1.93. The van der Waals surface area contributed by atoms with Crippen molar-refractivity contribution in [3.63, 3.8) is 0 Å². The lowest BCUT2D eigenvalue weighted by Crippen LogP contribution is -2.23. The van der Waals surface area contributed by atoms with Gasteiger partial charge in [-0.2, -0.15) is 0 Å². The van der Waals surface area contributed by atoms with Gasteiger partial charge in [-0.15, -0.1) is 0 Å². The van der Waals surface area contributed by atoms with E-state index in [4.69, 9.17) is 4.42 Å². The van der Waals surface area contributed by atoms with Crippen LogP contribution in [0.1, 0.15) is 17.3 Å². The summed E-state index contributed by atoms with van der Waals surface area (Å²) >= 11 is 3.18. The van der Waals surface area contributed by atoms with Crippen molar-refractivity contribution in [1.82, 2.24) is 14.7 Å². The number of pyridine rings is 1. The average molecular weight is 346 g/mol. The Hall–Kier alpha value is -1.25. The third-order valence-corrected chi connectivity index (χ3v) is 4.28. The molecule has 0 spiro atoms. The van der Waals surface area contributed by atoms with Crippen LogP contribution in [0.2, 0.25) is 0 Å². The van der Waals surface area contributed by atoms with Gasteiger partial charge in [-0.3, -0.25) is 4.98 Å². The molecule has 2 aromatic rings. The minimum atomic E-state index is -3.63. The molecule has 6 nitrogen and oxygen atoms in total. The van der Waals surface area contributed by atoms with E-state index in [1.807, 2.05) is 0 Å². The van der Waals surface area contributed by atoms with Crippen LogP contribution in [0.3, 0.4) is 0 Å². The number of hydrogen-bond donors (Lipinski definition) is 1. The molecular formula is C11H12BrN3O3S. The monoisotopic (exact) mass is 345 g/mol. The van der Waals surface area contributed by atoms with Crippen LogP contribution in [0.15, 0.2) is 32.2 Å². The molecular weight excluding hydrogens is 334 g/mol. The molecule has 19 heavy (non-hydrogen) atoms. The zero-order valence-corrected chi connectivity index (χ0v) is 12.7. The Morgan fingerprint density at radius 2 is 2.11 bits per heavy atom. The van der Waals surface area contributed by atoms with Crippen molar-refractivity contribution < 1.29 is 12.8 Å². The minimum Gasteiger partial charge on any atom is -0.444 e. The molecule has 2 aromatic heterocycles. The van der Waals surface area contributed by atoms with Crippen LogP contribution in [0.4, 0.5) is 0 Å². The topological polar surface area (TPSA) is 85.1 Å². The lowest BCUT2D eigenvalue weighted by molar-refractivity contribution is 0.463. The van der Waals surface area contributed by atoms with Crippen LogP contribution in [0, 0.1) is 13.8 Å². The Balaban J connectivity index is 2.14. The standard InChI is InChI=1S/C11H12BrN3O3S/c1-7-8(2)18-11(15-7)6-14-19(16,17)10-3-9(12)4-13-5-10/h3-5,14H,6H2,1-2H3. The molecule has 0 aliphatic carbocycles. The Labute approximate surface area is 119 Å². The highest BCUT2D eigenvalue weighted by molar-refractivity contribution is 9.10. The summed E-state index contributed by atoms with van der Waals surface area (Å²) in [6.45, 7) is 3.58. The molecule has 0 atom stereocenters. The van der Waals surface area contributed by atoms with E-state index < -0.39 is 10.0 Å². The van der Waals surface area contributed by atoms with E-state index in [0.29, 0.717) is 16.1 Å². The number of oxazole rings is 1. The number of sulfonamides is 1. The van der Waals surface area contributed by atoms with Crippen molar-refractivity contribution in [3.05, 3.63) is 40.3 Å². The lowest BCUT2D eigenvalue weighted by Gasteiger charge is -2.04. The number of aryl methyl sites for hydroxylation is 2. The summed E-state index contributed by atoms with van der Waals surface area (Å²) in [6.07, 6.45) is 2.79. The number of rotatable bonds is 4. The van der Waals surface area contributed by atoms with Gasteiger partial charge in [0.15, 0.2) is 0 Å². The first-order chi connectivity index (χ1) is 8.88. The van der Waals surface area contributed by atoms with E-state index >= 15 is 0 Å². The van der Waals surface area contributed by atoms with Crippen LogP contribution < -0.4 is 4.72 Å². The Kier molecular flexibility index (Phi) is 4.02. The number of aromatic nitrogens is 2. The number of hydrogen-bond acceptors (Lipinski definition) is 5. The maximum atomic E-state index is 12.0. The van der Waals surface area contributed by atoms with E-state index in [0.717, 1.165) is 5.69 Å². The first-order valence-electron chi connectivity index (χ1n) is 5.41. The fourth-order valence-corrected chi connectivity index (χ4v) is 2.87. The SMILES string of the molecule is Cc1nc(CNS(=O)(=O)c2cncc(Br)c2)oc1C. The zero-order chi connectivity index (χ0) is 14.0. The van der Waals surface area contributed by atoms with Gasteiger partial charge in [-0.25, -0.2) is 18.1 Å². The van der Waals surface area contributed by atoms with Crippen LogP contribution in [-0.2, 0) is 16.6 Å². The summed E-state index contributed by atoms with van der Waals surface area (Å²) in [7, 11) is -3.63. The molecule has 2 rings (SSSR count). The van der Waals surface area contributed by atoms with Gasteiger partial charge < -0.3 is 4.42 Å². The third-order valence-electron chi connectivity index (χ3n) is 2.48. The van der Waals surface area contributed by atoms with Crippen molar-refractivity contribution in [2.45, 2.75) is 25.3 Å². The summed E-state index contributed by atoms with van der Waals surface area (Å²) < 4.78 is 32.3. The number of halogens is 1. The van der Waals surface area contributed by atoms with Gasteiger partial charge in [0.25, 0.3) is 0 Å². The van der Waals surface area contributed by atoms with E-state index in [1.54, 1.807) is 13.8 Å². The summed E-state index contributed by atoms with van der Waals surface area (Å²) in [5.74, 6) is 1.01. The molecule has 2 heterocycles. The van der Waals surface area contributed by atoms with E-state index in [2.05, 4.69) is 30.6 Å². The molecule has 0 saturated heterocycles. The highest BCUT2D eigenvalue weighted by Gasteiger charge is 2.16. The van der Waals surface area contributed by atoms with Crippen molar-refractivity contribution in [3.8, 4) is 0 Å². The summed E-state index contributed by atoms with van der Waals surface area (Å²) in [4.78, 5) is 8.01. The molecule has 102 valence electrons. The predicted molar refractivity (Wildman–Crippen MR) is 71.9 cm³/mol. The number of nitrogens with one attached hydrogen (secondary N) is 1. The van der Waals surface area contributed by atoms with E-state index in [1.165, 1.54) is 18.5 Å². The van der Waals surface area contributed by atoms with E-state index in [-0.39, 0.29) is 11.4 Å². The van der Waals surface area contributed by atoms with Gasteiger partial charge in [0.2, 0.25) is 15.9 Å². The Morgan fingerprint density at radius 1 is 1.37 bits per heavy atom. The molecule has 0 unspecified atom stereocenters. The fraction of sp³-hybridized carbons (Fsp3) is 0.273. The fourth-order valence-electron chi connectivity index (χ4n) is 1.39. The highest BCUT2D eigenvalue weighted by Crippen LogP contribution is 2.15. The highest BCUT2D eigenvalue weighted by atomic mass is 79.9. The van der Waals surface area contributed by atoms with Crippen molar-refractivity contribution in [1.29, 1.82) is 0 Å². The molecule has 1 N–H and O–H groups in total. The molecule has 8 heteroatoms. The first kappa shape index (κ1) is 14.2. The maximum Gasteiger partial charge on any atom is 0.242 e. The van der Waals surface area contributed by atoms with Crippen molar-refractivity contribution in [2.24, 2.45) is 0 Å². The third kappa shape index (κ3) is 3.40. The number of nitrogens with zero attached hydrogens (tertiary/aromatic N) is 2. The Bertz CT molecular complexity index is 677. The first-order valence-corrected chi connectivity index (χ1v) is 7.69. The van der Waals surface area contributed by atoms with Gasteiger partial charge in [0, 0.05) is 16.9 Å². The van der Waals surface area contributed by atoms with Crippen LogP contribution in [0.5, 0.6) is 0 Å². The quantitative estimate of drug-likeness (QED) is 0.914. The van der Waals surface area contributed by atoms with E-state index in [9.17, 15) is 8.42 Å². The molecule has 0 saturated carbocycles. The Morgan fingerprint density at radius 3 is 2.68 bits per heavy atom. The van der Waals surface area contributed by atoms with Crippen molar-refractivity contribution in [2.75, 3.05) is 0 Å². The molecule has 0 radical (unpaired) electrons. The second kappa shape index (κ2) is 5.40. The van der Waals surface area contributed by atoms with Gasteiger partial charge >= 0.3 is 0 Å². The second-order valence-corrected chi connectivity index (χ2v) is 6.60. The summed E-state index contributed by atoms with van der Waals surface area (Å²) in [6, 6.07) is 1.47. The zero-order valence-electron chi connectivity index (χ0n) is 10.3.